The van der Waals surface area contributed by atoms with E-state index in [1.807, 2.05) is 12.3 Å². The van der Waals surface area contributed by atoms with Crippen LogP contribution in [0.5, 0.6) is 0 Å². The summed E-state index contributed by atoms with van der Waals surface area (Å²) in [6.45, 7) is 2.26. The lowest BCUT2D eigenvalue weighted by atomic mass is 9.83. The second kappa shape index (κ2) is 9.77. The maximum absolute atomic E-state index is 11.7. The summed E-state index contributed by atoms with van der Waals surface area (Å²) in [6.07, 6.45) is 11.7. The van der Waals surface area contributed by atoms with Crippen LogP contribution in [0.1, 0.15) is 69.4 Å². The fraction of sp³-hybridized carbons (Fsp3) is 0.625. The summed E-state index contributed by atoms with van der Waals surface area (Å²) in [6, 6.07) is 9.29. The van der Waals surface area contributed by atoms with Gasteiger partial charge in [0.2, 0.25) is 5.91 Å². The highest BCUT2D eigenvalue weighted by atomic mass is 16.3. The van der Waals surface area contributed by atoms with Crippen LogP contribution in [0.4, 0.5) is 0 Å². The van der Waals surface area contributed by atoms with Crippen molar-refractivity contribution in [2.24, 2.45) is 5.92 Å². The molecule has 0 spiro atoms. The Hall–Kier alpha value is -1.85. The molecule has 0 aromatic heterocycles. The molecule has 4 aliphatic rings. The molecule has 158 valence electrons. The van der Waals surface area contributed by atoms with Gasteiger partial charge in [-0.15, -0.1) is 0 Å². The maximum atomic E-state index is 11.7. The summed E-state index contributed by atoms with van der Waals surface area (Å²) in [4.78, 5) is 14.3. The van der Waals surface area contributed by atoms with Gasteiger partial charge in [0.25, 0.3) is 0 Å². The van der Waals surface area contributed by atoms with E-state index < -0.39 is 0 Å². The Morgan fingerprint density at radius 2 is 2.03 bits per heavy atom. The van der Waals surface area contributed by atoms with E-state index in [1.165, 1.54) is 56.2 Å². The molecule has 0 radical (unpaired) electrons. The number of aliphatic hydroxyl groups excluding tert-OH is 1. The van der Waals surface area contributed by atoms with Crippen molar-refractivity contribution in [1.29, 1.82) is 0 Å². The molecule has 2 fully saturated rings. The monoisotopic (exact) mass is 398 g/mol. The predicted octanol–water partition coefficient (Wildman–Crippen LogP) is 4.36. The van der Waals surface area contributed by atoms with Gasteiger partial charge in [0.1, 0.15) is 5.76 Å². The lowest BCUT2D eigenvalue weighted by molar-refractivity contribution is -0.122. The van der Waals surface area contributed by atoms with Gasteiger partial charge in [-0.25, -0.2) is 0 Å². The Bertz CT molecular complexity index is 750. The molecule has 0 bridgehead atoms. The molecule has 2 heterocycles. The number of piperidine rings is 1. The molecule has 2 aliphatic heterocycles. The first-order valence-electron chi connectivity index (χ1n) is 11.3. The Labute approximate surface area is 173 Å². The van der Waals surface area contributed by atoms with Crippen LogP contribution in [0.2, 0.25) is 0 Å². The molecule has 1 saturated heterocycles. The third-order valence-electron chi connectivity index (χ3n) is 6.83. The standard InChI is InChI=1S/C24H34N2O3/c27-15-12-24(28)25-21-9-7-18(8-10-21)11-14-26-13-2-1-5-22(26)20-16-19-4-3-6-23(19)29-17-20/h3-4,6,16-18,21-22,27H,1-2,5,7-15H2,(H,25,28)/t18-,21-,22?. The van der Waals surface area contributed by atoms with E-state index >= 15 is 0 Å². The van der Waals surface area contributed by atoms with E-state index in [1.54, 1.807) is 0 Å². The Morgan fingerprint density at radius 1 is 1.17 bits per heavy atom. The number of aliphatic hydroxyl groups is 1. The van der Waals surface area contributed by atoms with E-state index in [4.69, 9.17) is 9.52 Å². The summed E-state index contributed by atoms with van der Waals surface area (Å²) in [7, 11) is 0. The van der Waals surface area contributed by atoms with Gasteiger partial charge in [-0.05, 0) is 76.1 Å². The zero-order valence-corrected chi connectivity index (χ0v) is 17.3. The van der Waals surface area contributed by atoms with E-state index in [-0.39, 0.29) is 18.9 Å². The van der Waals surface area contributed by atoms with Gasteiger partial charge in [-0.1, -0.05) is 18.6 Å². The van der Waals surface area contributed by atoms with Crippen molar-refractivity contribution in [2.45, 2.75) is 69.9 Å². The van der Waals surface area contributed by atoms with Crippen LogP contribution in [0.25, 0.3) is 11.3 Å². The molecular formula is C24H34N2O3. The Morgan fingerprint density at radius 3 is 2.86 bits per heavy atom. The predicted molar refractivity (Wildman–Crippen MR) is 114 cm³/mol. The molecule has 29 heavy (non-hydrogen) atoms. The van der Waals surface area contributed by atoms with E-state index in [0.717, 1.165) is 31.1 Å². The molecule has 5 nitrogen and oxygen atoms in total. The zero-order chi connectivity index (χ0) is 20.1. The number of nitrogens with zero attached hydrogens (tertiary/aromatic N) is 1. The van der Waals surface area contributed by atoms with E-state index in [2.05, 4.69) is 28.4 Å². The highest BCUT2D eigenvalue weighted by Gasteiger charge is 2.27. The maximum Gasteiger partial charge on any atom is 0.222 e. The molecule has 1 atom stereocenters. The van der Waals surface area contributed by atoms with Gasteiger partial charge in [0, 0.05) is 29.6 Å². The molecule has 5 heteroatoms. The summed E-state index contributed by atoms with van der Waals surface area (Å²) in [5, 5.41) is 11.9. The molecule has 1 saturated carbocycles. The number of rotatable bonds is 7. The molecule has 1 amide bonds. The number of amides is 1. The fourth-order valence-electron chi connectivity index (χ4n) is 5.15. The minimum absolute atomic E-state index is 0.0145. The number of nitrogens with one attached hydrogen (secondary N) is 1. The summed E-state index contributed by atoms with van der Waals surface area (Å²) >= 11 is 0. The van der Waals surface area contributed by atoms with Crippen molar-refractivity contribution >= 4 is 5.91 Å². The van der Waals surface area contributed by atoms with Gasteiger partial charge in [-0.3, -0.25) is 9.69 Å². The first kappa shape index (κ1) is 20.4. The third kappa shape index (κ3) is 5.20. The normalized spacial score (nSPS) is 25.9. The topological polar surface area (TPSA) is 65.7 Å². The van der Waals surface area contributed by atoms with Crippen LogP contribution < -0.4 is 5.32 Å². The van der Waals surface area contributed by atoms with Crippen molar-refractivity contribution in [1.82, 2.24) is 10.2 Å². The average Bonchev–Trinajstić information content (AvgIpc) is 3.21. The molecule has 2 N–H and O–H groups in total. The fourth-order valence-corrected chi connectivity index (χ4v) is 5.15. The van der Waals surface area contributed by atoms with E-state index in [9.17, 15) is 4.79 Å². The Balaban J connectivity index is 1.28. The second-order valence-corrected chi connectivity index (χ2v) is 8.82. The van der Waals surface area contributed by atoms with E-state index in [0.29, 0.717) is 12.1 Å². The van der Waals surface area contributed by atoms with Crippen LogP contribution in [0, 0.1) is 5.92 Å². The van der Waals surface area contributed by atoms with Gasteiger partial charge in [0.15, 0.2) is 0 Å². The molecular weight excluding hydrogens is 364 g/mol. The molecule has 2 aliphatic carbocycles. The molecule has 4 rings (SSSR count). The number of likely N-dealkylation sites (tertiary alicyclic amines) is 1. The minimum Gasteiger partial charge on any atom is -0.464 e. The summed E-state index contributed by atoms with van der Waals surface area (Å²) < 4.78 is 5.86. The van der Waals surface area contributed by atoms with Crippen LogP contribution in [0.3, 0.4) is 0 Å². The number of carbonyl (C=O) groups excluding carboxylic acids is 1. The molecule has 0 aromatic rings. The summed E-state index contributed by atoms with van der Waals surface area (Å²) in [5.74, 6) is 1.71. The number of hydrogen-bond acceptors (Lipinski definition) is 4. The van der Waals surface area contributed by atoms with Gasteiger partial charge in [-0.2, -0.15) is 0 Å². The second-order valence-electron chi connectivity index (χ2n) is 8.82. The minimum atomic E-state index is -0.0653. The first-order chi connectivity index (χ1) is 14.2. The quantitative estimate of drug-likeness (QED) is 0.727. The van der Waals surface area contributed by atoms with Gasteiger partial charge < -0.3 is 14.8 Å². The van der Waals surface area contributed by atoms with Crippen molar-refractivity contribution in [3.63, 3.8) is 0 Å². The SMILES string of the molecule is O=C(CCO)N[C@H]1CC[C@H](CCN2CCCCC2c2coc3cccc-3c2)CC1. The molecule has 0 aromatic carbocycles. The van der Waals surface area contributed by atoms with Crippen molar-refractivity contribution in [3.05, 3.63) is 36.1 Å². The summed E-state index contributed by atoms with van der Waals surface area (Å²) in [5.41, 5.74) is 2.52. The third-order valence-corrected chi connectivity index (χ3v) is 6.83. The van der Waals surface area contributed by atoms with Crippen molar-refractivity contribution in [2.75, 3.05) is 19.7 Å². The average molecular weight is 399 g/mol. The zero-order valence-electron chi connectivity index (χ0n) is 17.3. The first-order valence-corrected chi connectivity index (χ1v) is 11.3. The van der Waals surface area contributed by atoms with Gasteiger partial charge >= 0.3 is 0 Å². The molecule has 1 unspecified atom stereocenters. The highest BCUT2D eigenvalue weighted by Crippen LogP contribution is 2.36. The highest BCUT2D eigenvalue weighted by molar-refractivity contribution is 5.76. The van der Waals surface area contributed by atoms with Crippen molar-refractivity contribution < 1.29 is 14.3 Å². The lowest BCUT2D eigenvalue weighted by Gasteiger charge is -2.37. The van der Waals surface area contributed by atoms with Gasteiger partial charge in [0.05, 0.1) is 12.9 Å². The van der Waals surface area contributed by atoms with Crippen LogP contribution >= 0.6 is 0 Å². The number of carbonyl (C=O) groups is 1. The smallest absolute Gasteiger partial charge is 0.222 e. The van der Waals surface area contributed by atoms with Crippen LogP contribution in [-0.2, 0) is 4.79 Å². The number of fused-ring (bicyclic) bond motifs is 1. The Kier molecular flexibility index (Phi) is 6.88. The van der Waals surface area contributed by atoms with Crippen molar-refractivity contribution in [3.8, 4) is 11.3 Å². The lowest BCUT2D eigenvalue weighted by Crippen LogP contribution is -2.39. The van der Waals surface area contributed by atoms with Crippen LogP contribution in [0.15, 0.2) is 34.9 Å². The largest absolute Gasteiger partial charge is 0.464 e. The number of hydrogen-bond donors (Lipinski definition) is 2. The van der Waals surface area contributed by atoms with Crippen LogP contribution in [-0.4, -0.2) is 41.7 Å².